The van der Waals surface area contributed by atoms with Crippen LogP contribution < -0.4 is 0 Å². The van der Waals surface area contributed by atoms with Gasteiger partial charge < -0.3 is 0 Å². The molecule has 0 aliphatic heterocycles. The molecule has 0 amide bonds. The SMILES string of the molecule is CC/C=C(\C/C=C\C/C=C(\CCCCCCC[C]=O)[N+](=O)[O-])[N+](=O)[O-]. The van der Waals surface area contributed by atoms with Crippen molar-refractivity contribution < 1.29 is 14.6 Å². The molecule has 25 heavy (non-hydrogen) atoms. The monoisotopic (exact) mass is 351 g/mol. The number of unbranched alkanes of at least 4 members (excludes halogenated alkanes) is 5. The summed E-state index contributed by atoms with van der Waals surface area (Å²) in [4.78, 5) is 31.1. The fourth-order valence-corrected chi connectivity index (χ4v) is 2.27. The van der Waals surface area contributed by atoms with Gasteiger partial charge in [0.05, 0.1) is 16.3 Å². The maximum Gasteiger partial charge on any atom is 0.246 e. The Morgan fingerprint density at radius 2 is 1.56 bits per heavy atom. The molecular weight excluding hydrogens is 324 g/mol. The summed E-state index contributed by atoms with van der Waals surface area (Å²) in [6, 6.07) is 0. The Labute approximate surface area is 148 Å². The molecule has 0 rings (SSSR count). The fourth-order valence-electron chi connectivity index (χ4n) is 2.27. The van der Waals surface area contributed by atoms with Gasteiger partial charge in [0.1, 0.15) is 0 Å². The van der Waals surface area contributed by atoms with E-state index in [0.717, 1.165) is 32.1 Å². The predicted molar refractivity (Wildman–Crippen MR) is 96.8 cm³/mol. The van der Waals surface area contributed by atoms with Crippen LogP contribution in [0.25, 0.3) is 0 Å². The van der Waals surface area contributed by atoms with E-state index < -0.39 is 4.92 Å². The van der Waals surface area contributed by atoms with Crippen molar-refractivity contribution in [2.75, 3.05) is 0 Å². The summed E-state index contributed by atoms with van der Waals surface area (Å²) in [5, 5.41) is 21.8. The summed E-state index contributed by atoms with van der Waals surface area (Å²) in [7, 11) is 0. The van der Waals surface area contributed by atoms with Crippen molar-refractivity contribution in [1.29, 1.82) is 0 Å². The lowest BCUT2D eigenvalue weighted by Gasteiger charge is -2.00. The van der Waals surface area contributed by atoms with E-state index in [2.05, 4.69) is 0 Å². The van der Waals surface area contributed by atoms with E-state index in [-0.39, 0.29) is 22.7 Å². The molecule has 0 bridgehead atoms. The second kappa shape index (κ2) is 15.2. The summed E-state index contributed by atoms with van der Waals surface area (Å²) in [6.45, 7) is 1.83. The number of carbonyl (C=O) groups excluding carboxylic acids is 1. The van der Waals surface area contributed by atoms with Crippen molar-refractivity contribution >= 4 is 6.29 Å². The Bertz CT molecular complexity index is 510. The minimum absolute atomic E-state index is 0.143. The first kappa shape index (κ1) is 22.7. The molecule has 0 spiro atoms. The third kappa shape index (κ3) is 12.7. The van der Waals surface area contributed by atoms with E-state index in [4.69, 9.17) is 0 Å². The summed E-state index contributed by atoms with van der Waals surface area (Å²) in [5.41, 5.74) is 0.328. The second-order valence-electron chi connectivity index (χ2n) is 5.64. The van der Waals surface area contributed by atoms with Crippen molar-refractivity contribution in [3.8, 4) is 0 Å². The summed E-state index contributed by atoms with van der Waals surface area (Å²) in [6.07, 6.45) is 14.8. The average molecular weight is 351 g/mol. The van der Waals surface area contributed by atoms with Gasteiger partial charge in [-0.1, -0.05) is 38.3 Å². The van der Waals surface area contributed by atoms with Crippen LogP contribution in [-0.2, 0) is 4.79 Å². The van der Waals surface area contributed by atoms with Gasteiger partial charge in [-0.05, 0) is 37.8 Å². The zero-order valence-corrected chi connectivity index (χ0v) is 14.8. The first-order chi connectivity index (χ1) is 12.0. The first-order valence-corrected chi connectivity index (χ1v) is 8.69. The Hall–Kier alpha value is -2.31. The number of allylic oxidation sites excluding steroid dienone is 5. The lowest BCUT2D eigenvalue weighted by molar-refractivity contribution is -0.428. The minimum atomic E-state index is -0.404. The third-order valence-electron chi connectivity index (χ3n) is 3.60. The third-order valence-corrected chi connectivity index (χ3v) is 3.60. The van der Waals surface area contributed by atoms with Gasteiger partial charge in [0.25, 0.3) is 0 Å². The molecule has 0 aromatic heterocycles. The van der Waals surface area contributed by atoms with Crippen LogP contribution in [0, 0.1) is 20.2 Å². The maximum absolute atomic E-state index is 11.0. The normalized spacial score (nSPS) is 12.5. The quantitative estimate of drug-likeness (QED) is 0.181. The molecule has 0 aromatic carbocycles. The van der Waals surface area contributed by atoms with E-state index in [1.54, 1.807) is 24.3 Å². The van der Waals surface area contributed by atoms with Gasteiger partial charge in [0.2, 0.25) is 11.4 Å². The molecular formula is C18H27N2O5. The van der Waals surface area contributed by atoms with E-state index in [1.165, 1.54) is 0 Å². The number of hydrogen-bond donors (Lipinski definition) is 0. The molecule has 0 aliphatic rings. The van der Waals surface area contributed by atoms with Crippen molar-refractivity contribution in [3.63, 3.8) is 0 Å². The highest BCUT2D eigenvalue weighted by Crippen LogP contribution is 2.13. The summed E-state index contributed by atoms with van der Waals surface area (Å²) >= 11 is 0. The van der Waals surface area contributed by atoms with Crippen molar-refractivity contribution in [1.82, 2.24) is 0 Å². The zero-order valence-electron chi connectivity index (χ0n) is 14.8. The zero-order chi connectivity index (χ0) is 18.9. The van der Waals surface area contributed by atoms with Gasteiger partial charge in [-0.3, -0.25) is 25.0 Å². The first-order valence-electron chi connectivity index (χ1n) is 8.69. The highest BCUT2D eigenvalue weighted by molar-refractivity contribution is 5.50. The maximum atomic E-state index is 11.0. The van der Waals surface area contributed by atoms with Gasteiger partial charge in [-0.25, -0.2) is 0 Å². The largest absolute Gasteiger partial charge is 0.291 e. The van der Waals surface area contributed by atoms with E-state index >= 15 is 0 Å². The lowest BCUT2D eigenvalue weighted by Crippen LogP contribution is -1.99. The van der Waals surface area contributed by atoms with Gasteiger partial charge >= 0.3 is 0 Å². The molecule has 0 unspecified atom stereocenters. The van der Waals surface area contributed by atoms with Crippen LogP contribution in [0.4, 0.5) is 0 Å². The Morgan fingerprint density at radius 3 is 2.16 bits per heavy atom. The Kier molecular flexibility index (Phi) is 13.8. The molecule has 0 atom stereocenters. The number of nitro groups is 2. The van der Waals surface area contributed by atoms with E-state index in [1.807, 2.05) is 13.2 Å². The molecule has 0 aliphatic carbocycles. The Balaban J connectivity index is 4.20. The summed E-state index contributed by atoms with van der Waals surface area (Å²) < 4.78 is 0. The van der Waals surface area contributed by atoms with Crippen LogP contribution in [-0.4, -0.2) is 16.1 Å². The van der Waals surface area contributed by atoms with Crippen LogP contribution in [0.15, 0.2) is 35.7 Å². The fraction of sp³-hybridized carbons (Fsp3) is 0.611. The second-order valence-corrected chi connectivity index (χ2v) is 5.64. The van der Waals surface area contributed by atoms with Crippen molar-refractivity contribution in [3.05, 3.63) is 55.9 Å². The molecule has 7 heteroatoms. The van der Waals surface area contributed by atoms with Gasteiger partial charge in [0, 0.05) is 12.8 Å². The van der Waals surface area contributed by atoms with E-state index in [9.17, 15) is 25.0 Å². The standard InChI is InChI=1S/C18H27N2O5/c1-2-12-17(19(22)23)13-9-7-10-15-18(20(24)25)14-8-5-3-4-6-11-16-21/h7,9,12,15H,2-6,8,10-11,13-14H2,1H3/b9-7-,17-12+,18-15+. The lowest BCUT2D eigenvalue weighted by atomic mass is 10.1. The average Bonchev–Trinajstić information content (AvgIpc) is 2.57. The molecule has 0 fully saturated rings. The summed E-state index contributed by atoms with van der Waals surface area (Å²) in [5.74, 6) is 0. The highest BCUT2D eigenvalue weighted by atomic mass is 16.6. The molecule has 0 heterocycles. The van der Waals surface area contributed by atoms with Crippen LogP contribution >= 0.6 is 0 Å². The van der Waals surface area contributed by atoms with Gasteiger partial charge in [-0.15, -0.1) is 0 Å². The smallest absolute Gasteiger partial charge is 0.246 e. The number of rotatable bonds is 15. The molecule has 7 nitrogen and oxygen atoms in total. The van der Waals surface area contributed by atoms with Gasteiger partial charge in [0.15, 0.2) is 6.29 Å². The molecule has 0 aromatic rings. The molecule has 0 saturated heterocycles. The molecule has 0 N–H and O–H groups in total. The predicted octanol–water partition coefficient (Wildman–Crippen LogP) is 4.89. The number of nitrogens with zero attached hydrogens (tertiary/aromatic N) is 2. The topological polar surface area (TPSA) is 103 Å². The van der Waals surface area contributed by atoms with Gasteiger partial charge in [-0.2, -0.15) is 0 Å². The van der Waals surface area contributed by atoms with Crippen LogP contribution in [0.5, 0.6) is 0 Å². The highest BCUT2D eigenvalue weighted by Gasteiger charge is 2.09. The Morgan fingerprint density at radius 1 is 0.920 bits per heavy atom. The molecule has 139 valence electrons. The van der Waals surface area contributed by atoms with E-state index in [0.29, 0.717) is 25.7 Å². The number of hydrogen-bond acceptors (Lipinski definition) is 5. The van der Waals surface area contributed by atoms with Crippen LogP contribution in [0.1, 0.15) is 71.1 Å². The van der Waals surface area contributed by atoms with Crippen LogP contribution in [0.3, 0.4) is 0 Å². The molecule has 1 radical (unpaired) electrons. The molecule has 0 saturated carbocycles. The van der Waals surface area contributed by atoms with Crippen molar-refractivity contribution in [2.45, 2.75) is 71.1 Å². The van der Waals surface area contributed by atoms with Crippen molar-refractivity contribution in [2.24, 2.45) is 0 Å². The van der Waals surface area contributed by atoms with Crippen LogP contribution in [0.2, 0.25) is 0 Å². The minimum Gasteiger partial charge on any atom is -0.291 e.